The van der Waals surface area contributed by atoms with E-state index < -0.39 is 17.6 Å². The number of carbonyl (C=O) groups is 2. The van der Waals surface area contributed by atoms with Crippen molar-refractivity contribution in [2.75, 3.05) is 11.5 Å². The summed E-state index contributed by atoms with van der Waals surface area (Å²) in [6.45, 7) is 2.20. The lowest BCUT2D eigenvalue weighted by atomic mass is 10.1. The molecule has 1 N–H and O–H groups in total. The molecule has 2 amide bonds. The van der Waals surface area contributed by atoms with E-state index in [9.17, 15) is 18.4 Å². The Hall–Kier alpha value is -3.63. The number of benzene rings is 3. The van der Waals surface area contributed by atoms with Crippen LogP contribution in [0.5, 0.6) is 11.5 Å². The van der Waals surface area contributed by atoms with Gasteiger partial charge in [0.25, 0.3) is 11.8 Å². The second-order valence-electron chi connectivity index (χ2n) is 7.59. The van der Waals surface area contributed by atoms with E-state index in [2.05, 4.69) is 21.2 Å². The first-order valence-corrected chi connectivity index (χ1v) is 12.0. The molecule has 1 aliphatic heterocycles. The molecule has 4 rings (SSSR count). The number of hydrogen-bond acceptors (Lipinski definition) is 5. The molecule has 0 aromatic heterocycles. The van der Waals surface area contributed by atoms with Crippen molar-refractivity contribution in [2.45, 2.75) is 13.5 Å². The number of carbonyl (C=O) groups excluding carboxylic acids is 2. The molecule has 0 bridgehead atoms. The summed E-state index contributed by atoms with van der Waals surface area (Å²) in [6.07, 6.45) is 1.36. The highest BCUT2D eigenvalue weighted by atomic mass is 79.9. The van der Waals surface area contributed by atoms with Crippen LogP contribution in [-0.2, 0) is 16.2 Å². The second-order valence-corrected chi connectivity index (χ2v) is 8.83. The molecule has 0 saturated carbocycles. The monoisotopic (exact) mass is 572 g/mol. The zero-order valence-corrected chi connectivity index (χ0v) is 21.3. The maximum absolute atomic E-state index is 14.4. The maximum Gasteiger partial charge on any atom is 0.270 e. The van der Waals surface area contributed by atoms with Gasteiger partial charge in [-0.3, -0.25) is 14.9 Å². The zero-order chi connectivity index (χ0) is 25.8. The third-order valence-corrected chi connectivity index (χ3v) is 5.98. The molecule has 0 aliphatic carbocycles. The van der Waals surface area contributed by atoms with Crippen LogP contribution in [0, 0.1) is 11.6 Å². The molecule has 1 heterocycles. The first kappa shape index (κ1) is 25.5. The van der Waals surface area contributed by atoms with Crippen molar-refractivity contribution in [2.24, 2.45) is 0 Å². The second kappa shape index (κ2) is 11.0. The number of ether oxygens (including phenoxy) is 2. The average Bonchev–Trinajstić information content (AvgIpc) is 2.82. The summed E-state index contributed by atoms with van der Waals surface area (Å²) in [6, 6.07) is 14.9. The molecule has 3 aromatic carbocycles. The van der Waals surface area contributed by atoms with Gasteiger partial charge in [0.05, 0.1) is 16.8 Å². The van der Waals surface area contributed by atoms with Gasteiger partial charge < -0.3 is 9.47 Å². The van der Waals surface area contributed by atoms with Gasteiger partial charge in [-0.2, -0.15) is 0 Å². The van der Waals surface area contributed by atoms with Gasteiger partial charge in [-0.05, 0) is 88.7 Å². The van der Waals surface area contributed by atoms with E-state index in [4.69, 9.17) is 21.7 Å². The van der Waals surface area contributed by atoms with Crippen LogP contribution in [-0.4, -0.2) is 23.5 Å². The largest absolute Gasteiger partial charge is 0.490 e. The van der Waals surface area contributed by atoms with Gasteiger partial charge in [0.1, 0.15) is 23.8 Å². The normalized spacial score (nSPS) is 14.7. The molecule has 6 nitrogen and oxygen atoms in total. The number of rotatable bonds is 7. The number of nitrogens with zero attached hydrogens (tertiary/aromatic N) is 1. The fourth-order valence-electron chi connectivity index (χ4n) is 3.53. The highest BCUT2D eigenvalue weighted by Gasteiger charge is 2.35. The van der Waals surface area contributed by atoms with E-state index in [-0.39, 0.29) is 28.8 Å². The van der Waals surface area contributed by atoms with Gasteiger partial charge in [-0.1, -0.05) is 24.3 Å². The zero-order valence-electron chi connectivity index (χ0n) is 18.9. The lowest BCUT2D eigenvalue weighted by Crippen LogP contribution is -2.54. The van der Waals surface area contributed by atoms with Crippen molar-refractivity contribution in [3.63, 3.8) is 0 Å². The minimum atomic E-state index is -0.769. The van der Waals surface area contributed by atoms with Crippen molar-refractivity contribution in [1.82, 2.24) is 5.32 Å². The molecule has 0 radical (unpaired) electrons. The van der Waals surface area contributed by atoms with Gasteiger partial charge in [0, 0.05) is 0 Å². The summed E-state index contributed by atoms with van der Waals surface area (Å²) in [7, 11) is 0. The average molecular weight is 573 g/mol. The fraction of sp³-hybridized carbons (Fsp3) is 0.115. The van der Waals surface area contributed by atoms with Crippen molar-refractivity contribution in [3.05, 3.63) is 93.5 Å². The Kier molecular flexibility index (Phi) is 7.76. The van der Waals surface area contributed by atoms with Gasteiger partial charge in [0.2, 0.25) is 0 Å². The number of thiocarbonyl (C=S) groups is 1. The van der Waals surface area contributed by atoms with E-state index in [1.807, 2.05) is 0 Å². The predicted molar refractivity (Wildman–Crippen MR) is 139 cm³/mol. The summed E-state index contributed by atoms with van der Waals surface area (Å²) < 4.78 is 40.0. The smallest absolute Gasteiger partial charge is 0.270 e. The molecular weight excluding hydrogens is 554 g/mol. The fourth-order valence-corrected chi connectivity index (χ4v) is 4.38. The Morgan fingerprint density at radius 2 is 1.83 bits per heavy atom. The van der Waals surface area contributed by atoms with Crippen LogP contribution < -0.4 is 19.7 Å². The molecule has 3 aromatic rings. The Bertz CT molecular complexity index is 1400. The first-order chi connectivity index (χ1) is 17.3. The summed E-state index contributed by atoms with van der Waals surface area (Å²) in [5, 5.41) is 2.21. The standard InChI is InChI=1S/C26H19BrF2N2O4S/c1-2-34-22-13-16(12-19(27)23(22)35-14-15-6-5-7-17(28)10-15)11-18-24(32)30-26(36)31(25(18)33)21-9-4-3-8-20(21)29/h3-13H,2,14H2,1H3,(H,30,32,36)/b18-11+. The lowest BCUT2D eigenvalue weighted by molar-refractivity contribution is -0.122. The van der Waals surface area contributed by atoms with E-state index >= 15 is 0 Å². The summed E-state index contributed by atoms with van der Waals surface area (Å²) >= 11 is 8.57. The van der Waals surface area contributed by atoms with Crippen LogP contribution in [0.3, 0.4) is 0 Å². The molecule has 1 fully saturated rings. The minimum absolute atomic E-state index is 0.0734. The molecule has 36 heavy (non-hydrogen) atoms. The molecule has 1 saturated heterocycles. The van der Waals surface area contributed by atoms with Crippen molar-refractivity contribution in [1.29, 1.82) is 0 Å². The van der Waals surface area contributed by atoms with Gasteiger partial charge in [-0.25, -0.2) is 13.7 Å². The Balaban J connectivity index is 1.67. The van der Waals surface area contributed by atoms with Crippen LogP contribution in [0.1, 0.15) is 18.1 Å². The summed E-state index contributed by atoms with van der Waals surface area (Å²) in [5.74, 6) is -1.80. The quantitative estimate of drug-likeness (QED) is 0.229. The highest BCUT2D eigenvalue weighted by Crippen LogP contribution is 2.38. The summed E-state index contributed by atoms with van der Waals surface area (Å²) in [4.78, 5) is 26.8. The summed E-state index contributed by atoms with van der Waals surface area (Å²) in [5.41, 5.74) is 0.762. The van der Waals surface area contributed by atoms with Crippen LogP contribution >= 0.6 is 28.1 Å². The van der Waals surface area contributed by atoms with Crippen molar-refractivity contribution < 1.29 is 27.8 Å². The Labute approximate surface area is 219 Å². The number of nitrogens with one attached hydrogen (secondary N) is 1. The number of hydrogen-bond donors (Lipinski definition) is 1. The number of para-hydroxylation sites is 1. The van der Waals surface area contributed by atoms with Crippen LogP contribution in [0.4, 0.5) is 14.5 Å². The number of anilines is 1. The van der Waals surface area contributed by atoms with Crippen LogP contribution in [0.2, 0.25) is 0 Å². The third kappa shape index (κ3) is 5.44. The van der Waals surface area contributed by atoms with Gasteiger partial charge in [0.15, 0.2) is 16.6 Å². The Morgan fingerprint density at radius 1 is 1.06 bits per heavy atom. The number of halogens is 3. The molecule has 0 atom stereocenters. The topological polar surface area (TPSA) is 67.9 Å². The van der Waals surface area contributed by atoms with Crippen molar-refractivity contribution >= 4 is 56.8 Å². The first-order valence-electron chi connectivity index (χ1n) is 10.8. The van der Waals surface area contributed by atoms with Crippen molar-refractivity contribution in [3.8, 4) is 11.5 Å². The van der Waals surface area contributed by atoms with E-state index in [1.54, 1.807) is 37.3 Å². The SMILES string of the molecule is CCOc1cc(/C=C2\C(=O)NC(=S)N(c3ccccc3F)C2=O)cc(Br)c1OCc1cccc(F)c1. The highest BCUT2D eigenvalue weighted by molar-refractivity contribution is 9.10. The van der Waals surface area contributed by atoms with E-state index in [1.165, 1.54) is 36.4 Å². The van der Waals surface area contributed by atoms with E-state index in [0.717, 1.165) is 4.90 Å². The minimum Gasteiger partial charge on any atom is -0.490 e. The molecule has 184 valence electrons. The van der Waals surface area contributed by atoms with E-state index in [0.29, 0.717) is 33.7 Å². The molecule has 0 spiro atoms. The lowest BCUT2D eigenvalue weighted by Gasteiger charge is -2.29. The Morgan fingerprint density at radius 3 is 2.56 bits per heavy atom. The van der Waals surface area contributed by atoms with Crippen LogP contribution in [0.25, 0.3) is 6.08 Å². The molecule has 0 unspecified atom stereocenters. The third-order valence-electron chi connectivity index (χ3n) is 5.11. The number of amides is 2. The van der Waals surface area contributed by atoms with Gasteiger partial charge >= 0.3 is 0 Å². The van der Waals surface area contributed by atoms with Crippen LogP contribution in [0.15, 0.2) is 70.7 Å². The molecule has 10 heteroatoms. The maximum atomic E-state index is 14.4. The molecular formula is C26H19BrF2N2O4S. The van der Waals surface area contributed by atoms with Gasteiger partial charge in [-0.15, -0.1) is 0 Å². The predicted octanol–water partition coefficient (Wildman–Crippen LogP) is 5.54. The molecule has 1 aliphatic rings.